The molecular formula is C33H24ClN. The first-order valence-electron chi connectivity index (χ1n) is 12.1. The minimum Gasteiger partial charge on any atom is -0.309 e. The van der Waals surface area contributed by atoms with Crippen molar-refractivity contribution in [1.82, 2.24) is 4.57 Å². The summed E-state index contributed by atoms with van der Waals surface area (Å²) in [5, 5.41) is 3.36. The second-order valence-corrected chi connectivity index (χ2v) is 10.4. The molecule has 0 N–H and O–H groups in total. The summed E-state index contributed by atoms with van der Waals surface area (Å²) < 4.78 is 2.37. The molecule has 2 heteroatoms. The quantitative estimate of drug-likeness (QED) is 0.238. The van der Waals surface area contributed by atoms with Gasteiger partial charge in [0.1, 0.15) is 0 Å². The highest BCUT2D eigenvalue weighted by Gasteiger charge is 2.36. The first kappa shape index (κ1) is 20.6. The van der Waals surface area contributed by atoms with Crippen molar-refractivity contribution < 1.29 is 0 Å². The zero-order chi connectivity index (χ0) is 23.7. The van der Waals surface area contributed by atoms with Crippen LogP contribution in [0.4, 0.5) is 0 Å². The van der Waals surface area contributed by atoms with E-state index in [0.29, 0.717) is 0 Å². The number of nitrogens with zero attached hydrogens (tertiary/aromatic N) is 1. The molecule has 1 aromatic heterocycles. The smallest absolute Gasteiger partial charge is 0.0541 e. The molecule has 1 heterocycles. The summed E-state index contributed by atoms with van der Waals surface area (Å²) in [6.45, 7) is 4.59. The molecule has 0 fully saturated rings. The van der Waals surface area contributed by atoms with Crippen molar-refractivity contribution >= 4 is 33.4 Å². The number of fused-ring (bicyclic) bond motifs is 6. The van der Waals surface area contributed by atoms with E-state index in [1.165, 1.54) is 60.9 Å². The van der Waals surface area contributed by atoms with Crippen LogP contribution in [0, 0.1) is 0 Å². The molecule has 5 aromatic carbocycles. The van der Waals surface area contributed by atoms with Crippen molar-refractivity contribution in [2.75, 3.05) is 0 Å². The van der Waals surface area contributed by atoms with Crippen molar-refractivity contribution in [2.24, 2.45) is 0 Å². The minimum atomic E-state index is -0.0749. The summed E-state index contributed by atoms with van der Waals surface area (Å²) in [6.07, 6.45) is 0. The lowest BCUT2D eigenvalue weighted by molar-refractivity contribution is 0.660. The van der Waals surface area contributed by atoms with Crippen LogP contribution < -0.4 is 0 Å². The molecule has 0 radical (unpaired) electrons. The maximum absolute atomic E-state index is 6.40. The molecule has 0 bridgehead atoms. The topological polar surface area (TPSA) is 4.93 Å². The van der Waals surface area contributed by atoms with Gasteiger partial charge in [0, 0.05) is 26.9 Å². The van der Waals surface area contributed by atoms with Gasteiger partial charge < -0.3 is 4.57 Å². The summed E-state index contributed by atoms with van der Waals surface area (Å²) in [5.74, 6) is 0. The van der Waals surface area contributed by atoms with E-state index in [0.717, 1.165) is 5.02 Å². The molecule has 1 aliphatic rings. The molecule has 1 nitrogen and oxygen atoms in total. The second kappa shape index (κ2) is 7.34. The van der Waals surface area contributed by atoms with Gasteiger partial charge in [0.25, 0.3) is 0 Å². The summed E-state index contributed by atoms with van der Waals surface area (Å²) in [5.41, 5.74) is 11.3. The Kier molecular flexibility index (Phi) is 4.31. The van der Waals surface area contributed by atoms with Crippen LogP contribution in [0.5, 0.6) is 0 Å². The van der Waals surface area contributed by atoms with Crippen molar-refractivity contribution in [2.45, 2.75) is 19.3 Å². The van der Waals surface area contributed by atoms with E-state index in [-0.39, 0.29) is 5.41 Å². The molecular weight excluding hydrogens is 446 g/mol. The third-order valence-electron chi connectivity index (χ3n) is 7.68. The number of hydrogen-bond acceptors (Lipinski definition) is 0. The fourth-order valence-electron chi connectivity index (χ4n) is 5.99. The van der Waals surface area contributed by atoms with Gasteiger partial charge in [0.2, 0.25) is 0 Å². The fraction of sp³-hybridized carbons (Fsp3) is 0.0909. The highest BCUT2D eigenvalue weighted by Crippen LogP contribution is 2.52. The Morgan fingerprint density at radius 1 is 0.600 bits per heavy atom. The maximum Gasteiger partial charge on any atom is 0.0541 e. The number of hydrogen-bond donors (Lipinski definition) is 0. The van der Waals surface area contributed by atoms with Gasteiger partial charge in [0.15, 0.2) is 0 Å². The molecule has 0 atom stereocenters. The van der Waals surface area contributed by atoms with E-state index in [9.17, 15) is 0 Å². The zero-order valence-electron chi connectivity index (χ0n) is 19.7. The Bertz CT molecular complexity index is 1720. The summed E-state index contributed by atoms with van der Waals surface area (Å²) in [6, 6.07) is 39.3. The van der Waals surface area contributed by atoms with Crippen LogP contribution in [-0.4, -0.2) is 4.57 Å². The largest absolute Gasteiger partial charge is 0.309 e. The Hall–Kier alpha value is -3.81. The van der Waals surface area contributed by atoms with E-state index in [1.807, 2.05) is 6.07 Å². The van der Waals surface area contributed by atoms with Crippen molar-refractivity contribution in [3.63, 3.8) is 0 Å². The van der Waals surface area contributed by atoms with Crippen LogP contribution >= 0.6 is 11.6 Å². The van der Waals surface area contributed by atoms with Crippen LogP contribution in [0.15, 0.2) is 109 Å². The molecule has 0 amide bonds. The highest BCUT2D eigenvalue weighted by molar-refractivity contribution is 6.30. The van der Waals surface area contributed by atoms with Gasteiger partial charge in [-0.3, -0.25) is 0 Å². The number of para-hydroxylation sites is 2. The van der Waals surface area contributed by atoms with Gasteiger partial charge in [-0.25, -0.2) is 0 Å². The average Bonchev–Trinajstić information content (AvgIpc) is 3.34. The van der Waals surface area contributed by atoms with E-state index >= 15 is 0 Å². The maximum atomic E-state index is 6.40. The third kappa shape index (κ3) is 2.89. The zero-order valence-corrected chi connectivity index (χ0v) is 20.5. The van der Waals surface area contributed by atoms with Crippen LogP contribution in [0.3, 0.4) is 0 Å². The van der Waals surface area contributed by atoms with Crippen molar-refractivity contribution in [3.05, 3.63) is 125 Å². The molecule has 0 saturated carbocycles. The fourth-order valence-corrected chi connectivity index (χ4v) is 6.16. The molecule has 168 valence electrons. The Morgan fingerprint density at radius 2 is 1.26 bits per heavy atom. The molecule has 35 heavy (non-hydrogen) atoms. The Morgan fingerprint density at radius 3 is 1.94 bits per heavy atom. The van der Waals surface area contributed by atoms with Crippen molar-refractivity contribution in [1.29, 1.82) is 0 Å². The van der Waals surface area contributed by atoms with Gasteiger partial charge >= 0.3 is 0 Å². The molecule has 0 unspecified atom stereocenters. The number of aromatic nitrogens is 1. The summed E-state index contributed by atoms with van der Waals surface area (Å²) >= 11 is 6.40. The first-order chi connectivity index (χ1) is 17.0. The standard InChI is InChI=1S/C33H24ClN/c1-33(2)28-11-7-10-24(32(28)27-19-16-22(34)20-29(27)33)21-14-17-23(18-15-21)35-30-12-5-3-8-25(30)26-9-4-6-13-31(26)35/h3-20H,1-2H3. The predicted molar refractivity (Wildman–Crippen MR) is 149 cm³/mol. The van der Waals surface area contributed by atoms with Gasteiger partial charge in [-0.2, -0.15) is 0 Å². The monoisotopic (exact) mass is 469 g/mol. The normalized spacial score (nSPS) is 13.8. The van der Waals surface area contributed by atoms with Crippen LogP contribution in [0.2, 0.25) is 5.02 Å². The summed E-state index contributed by atoms with van der Waals surface area (Å²) in [7, 11) is 0. The lowest BCUT2D eigenvalue weighted by Crippen LogP contribution is -2.14. The van der Waals surface area contributed by atoms with Gasteiger partial charge in [0.05, 0.1) is 11.0 Å². The van der Waals surface area contributed by atoms with E-state index in [1.54, 1.807) is 0 Å². The molecule has 6 aromatic rings. The van der Waals surface area contributed by atoms with E-state index < -0.39 is 0 Å². The molecule has 0 spiro atoms. The molecule has 0 aliphatic heterocycles. The first-order valence-corrected chi connectivity index (χ1v) is 12.4. The predicted octanol–water partition coefficient (Wildman–Crippen LogP) is 9.41. The lowest BCUT2D eigenvalue weighted by atomic mass is 9.82. The SMILES string of the molecule is CC1(C)c2cc(Cl)ccc2-c2c(-c3ccc(-n4c5ccccc5c5ccccc54)cc3)cccc21. The van der Waals surface area contributed by atoms with E-state index in [2.05, 4.69) is 122 Å². The van der Waals surface area contributed by atoms with Crippen molar-refractivity contribution in [3.8, 4) is 27.9 Å². The highest BCUT2D eigenvalue weighted by atomic mass is 35.5. The van der Waals surface area contributed by atoms with Gasteiger partial charge in [-0.05, 0) is 69.8 Å². The van der Waals surface area contributed by atoms with Crippen LogP contribution in [0.25, 0.3) is 49.7 Å². The Labute approximate surface area is 210 Å². The lowest BCUT2D eigenvalue weighted by Gasteiger charge is -2.21. The molecule has 7 rings (SSSR count). The number of benzene rings is 5. The number of halogens is 1. The average molecular weight is 470 g/mol. The van der Waals surface area contributed by atoms with Gasteiger partial charge in [-0.15, -0.1) is 0 Å². The van der Waals surface area contributed by atoms with Gasteiger partial charge in [-0.1, -0.05) is 98.2 Å². The molecule has 1 aliphatic carbocycles. The van der Waals surface area contributed by atoms with Crippen LogP contribution in [0.1, 0.15) is 25.0 Å². The minimum absolute atomic E-state index is 0.0749. The third-order valence-corrected chi connectivity index (χ3v) is 7.91. The number of rotatable bonds is 2. The second-order valence-electron chi connectivity index (χ2n) is 9.96. The van der Waals surface area contributed by atoms with Crippen LogP contribution in [-0.2, 0) is 5.41 Å². The summed E-state index contributed by atoms with van der Waals surface area (Å²) in [4.78, 5) is 0. The Balaban J connectivity index is 1.41. The van der Waals surface area contributed by atoms with E-state index in [4.69, 9.17) is 11.6 Å². The molecule has 0 saturated heterocycles.